The fourth-order valence-electron chi connectivity index (χ4n) is 2.47. The van der Waals surface area contributed by atoms with Gasteiger partial charge in [-0.05, 0) is 37.0 Å². The van der Waals surface area contributed by atoms with Gasteiger partial charge in [0.2, 0.25) is 0 Å². The van der Waals surface area contributed by atoms with Gasteiger partial charge in [-0.3, -0.25) is 5.32 Å². The van der Waals surface area contributed by atoms with Crippen molar-refractivity contribution in [3.8, 4) is 0 Å². The number of nitrogens with one attached hydrogen (secondary N) is 2. The standard InChI is InChI=1S/C18H27N3O4/c1-13(2)12-25-18(23)20-15-7-4-6-14(10-15)19-17(22)21(3)11-16-8-5-9-24-16/h4,6-7,10,13,16H,5,8-9,11-12H2,1-3H3,(H,19,22)(H,20,23)/t16-/m1/s1. The predicted molar refractivity (Wildman–Crippen MR) is 96.9 cm³/mol. The third kappa shape index (κ3) is 6.62. The molecule has 3 amide bonds. The van der Waals surface area contributed by atoms with Crippen LogP contribution in [0.2, 0.25) is 0 Å². The number of hydrogen-bond donors (Lipinski definition) is 2. The van der Waals surface area contributed by atoms with Crippen LogP contribution >= 0.6 is 0 Å². The van der Waals surface area contributed by atoms with Gasteiger partial charge in [0.25, 0.3) is 0 Å². The van der Waals surface area contributed by atoms with Crippen LogP contribution in [0.4, 0.5) is 21.0 Å². The first-order chi connectivity index (χ1) is 11.9. The summed E-state index contributed by atoms with van der Waals surface area (Å²) in [5.74, 6) is 0.274. The minimum Gasteiger partial charge on any atom is -0.449 e. The number of carbonyl (C=O) groups is 2. The van der Waals surface area contributed by atoms with Crippen LogP contribution in [0, 0.1) is 5.92 Å². The lowest BCUT2D eigenvalue weighted by Crippen LogP contribution is -2.37. The Balaban J connectivity index is 1.85. The number of rotatable bonds is 6. The summed E-state index contributed by atoms with van der Waals surface area (Å²) in [4.78, 5) is 25.6. The van der Waals surface area contributed by atoms with Gasteiger partial charge in [0, 0.05) is 31.6 Å². The van der Waals surface area contributed by atoms with Crippen molar-refractivity contribution < 1.29 is 19.1 Å². The summed E-state index contributed by atoms with van der Waals surface area (Å²) in [7, 11) is 1.74. The maximum Gasteiger partial charge on any atom is 0.411 e. The van der Waals surface area contributed by atoms with Crippen molar-refractivity contribution in [1.29, 1.82) is 0 Å². The van der Waals surface area contributed by atoms with Gasteiger partial charge in [-0.25, -0.2) is 9.59 Å². The molecule has 2 N–H and O–H groups in total. The van der Waals surface area contributed by atoms with Crippen molar-refractivity contribution in [2.45, 2.75) is 32.8 Å². The minimum atomic E-state index is -0.507. The largest absolute Gasteiger partial charge is 0.449 e. The Morgan fingerprint density at radius 1 is 1.32 bits per heavy atom. The van der Waals surface area contributed by atoms with E-state index in [4.69, 9.17) is 9.47 Å². The number of ether oxygens (including phenoxy) is 2. The summed E-state index contributed by atoms with van der Waals surface area (Å²) in [6.45, 7) is 5.62. The number of carbonyl (C=O) groups excluding carboxylic acids is 2. The summed E-state index contributed by atoms with van der Waals surface area (Å²) in [6, 6.07) is 6.74. The quantitative estimate of drug-likeness (QED) is 0.823. The van der Waals surface area contributed by atoms with Crippen LogP contribution in [0.25, 0.3) is 0 Å². The Bertz CT molecular complexity index is 585. The first kappa shape index (κ1) is 19.1. The third-order valence-corrected chi connectivity index (χ3v) is 3.76. The molecule has 1 aliphatic heterocycles. The lowest BCUT2D eigenvalue weighted by Gasteiger charge is -2.21. The van der Waals surface area contributed by atoms with E-state index in [2.05, 4.69) is 10.6 Å². The highest BCUT2D eigenvalue weighted by Crippen LogP contribution is 2.17. The van der Waals surface area contributed by atoms with Gasteiger partial charge in [-0.2, -0.15) is 0 Å². The SMILES string of the molecule is CC(C)COC(=O)Nc1cccc(NC(=O)N(C)C[C@H]2CCCO2)c1. The third-order valence-electron chi connectivity index (χ3n) is 3.76. The molecule has 25 heavy (non-hydrogen) atoms. The lowest BCUT2D eigenvalue weighted by molar-refractivity contribution is 0.0894. The summed E-state index contributed by atoms with van der Waals surface area (Å²) in [6.07, 6.45) is 1.63. The number of hydrogen-bond acceptors (Lipinski definition) is 4. The van der Waals surface area contributed by atoms with E-state index in [0.29, 0.717) is 24.5 Å². The van der Waals surface area contributed by atoms with Crippen molar-refractivity contribution in [2.24, 2.45) is 5.92 Å². The van der Waals surface area contributed by atoms with E-state index >= 15 is 0 Å². The average Bonchev–Trinajstić information content (AvgIpc) is 3.06. The normalized spacial score (nSPS) is 16.6. The van der Waals surface area contributed by atoms with Crippen molar-refractivity contribution in [2.75, 3.05) is 37.4 Å². The van der Waals surface area contributed by atoms with Crippen molar-refractivity contribution in [3.05, 3.63) is 24.3 Å². The summed E-state index contributed by atoms with van der Waals surface area (Å²) in [5.41, 5.74) is 1.17. The number of likely N-dealkylation sites (N-methyl/N-ethyl adjacent to an activating group) is 1. The number of anilines is 2. The zero-order chi connectivity index (χ0) is 18.2. The molecule has 1 fully saturated rings. The van der Waals surface area contributed by atoms with E-state index in [1.807, 2.05) is 13.8 Å². The van der Waals surface area contributed by atoms with Crippen molar-refractivity contribution >= 4 is 23.5 Å². The summed E-state index contributed by atoms with van der Waals surface area (Å²) < 4.78 is 10.6. The molecule has 0 aliphatic carbocycles. The topological polar surface area (TPSA) is 79.9 Å². The summed E-state index contributed by atoms with van der Waals surface area (Å²) in [5, 5.41) is 5.47. The highest BCUT2D eigenvalue weighted by molar-refractivity contribution is 5.91. The molecule has 1 aliphatic rings. The van der Waals surface area contributed by atoms with Crippen molar-refractivity contribution in [1.82, 2.24) is 4.90 Å². The molecule has 0 aromatic heterocycles. The Morgan fingerprint density at radius 3 is 2.68 bits per heavy atom. The Hall–Kier alpha value is -2.28. The number of benzene rings is 1. The van der Waals surface area contributed by atoms with Gasteiger partial charge in [-0.1, -0.05) is 19.9 Å². The second kappa shape index (κ2) is 9.27. The second-order valence-corrected chi connectivity index (χ2v) is 6.64. The molecule has 1 aromatic carbocycles. The van der Waals surface area contributed by atoms with Gasteiger partial charge in [0.1, 0.15) is 0 Å². The van der Waals surface area contributed by atoms with E-state index in [0.717, 1.165) is 19.4 Å². The van der Waals surface area contributed by atoms with Gasteiger partial charge >= 0.3 is 12.1 Å². The first-order valence-electron chi connectivity index (χ1n) is 8.61. The van der Waals surface area contributed by atoms with E-state index in [1.54, 1.807) is 36.2 Å². The first-order valence-corrected chi connectivity index (χ1v) is 8.61. The van der Waals surface area contributed by atoms with Crippen LogP contribution in [0.5, 0.6) is 0 Å². The zero-order valence-electron chi connectivity index (χ0n) is 15.1. The van der Waals surface area contributed by atoms with Crippen LogP contribution < -0.4 is 10.6 Å². The molecule has 0 spiro atoms. The smallest absolute Gasteiger partial charge is 0.411 e. The molecule has 1 saturated heterocycles. The number of amides is 3. The van der Waals surface area contributed by atoms with Crippen LogP contribution in [0.3, 0.4) is 0 Å². The Kier molecular flexibility index (Phi) is 7.06. The molecule has 138 valence electrons. The molecule has 0 radical (unpaired) electrons. The highest BCUT2D eigenvalue weighted by Gasteiger charge is 2.20. The van der Waals surface area contributed by atoms with Crippen molar-refractivity contribution in [3.63, 3.8) is 0 Å². The van der Waals surface area contributed by atoms with Gasteiger partial charge in [-0.15, -0.1) is 0 Å². The zero-order valence-corrected chi connectivity index (χ0v) is 15.1. The Morgan fingerprint density at radius 2 is 2.04 bits per heavy atom. The lowest BCUT2D eigenvalue weighted by atomic mass is 10.2. The van der Waals surface area contributed by atoms with E-state index in [9.17, 15) is 9.59 Å². The minimum absolute atomic E-state index is 0.111. The van der Waals surface area contributed by atoms with Gasteiger partial charge in [0.15, 0.2) is 0 Å². The van der Waals surface area contributed by atoms with Crippen LogP contribution in [0.1, 0.15) is 26.7 Å². The number of urea groups is 1. The molecule has 1 heterocycles. The van der Waals surface area contributed by atoms with E-state index in [1.165, 1.54) is 0 Å². The van der Waals surface area contributed by atoms with Crippen LogP contribution in [-0.4, -0.2) is 49.9 Å². The molecule has 0 saturated carbocycles. The van der Waals surface area contributed by atoms with Gasteiger partial charge in [0.05, 0.1) is 12.7 Å². The fraction of sp³-hybridized carbons (Fsp3) is 0.556. The van der Waals surface area contributed by atoms with E-state index < -0.39 is 6.09 Å². The molecule has 1 aromatic rings. The molecular formula is C18H27N3O4. The number of nitrogens with zero attached hydrogens (tertiary/aromatic N) is 1. The van der Waals surface area contributed by atoms with E-state index in [-0.39, 0.29) is 18.1 Å². The molecule has 1 atom stereocenters. The van der Waals surface area contributed by atoms with Crippen LogP contribution in [-0.2, 0) is 9.47 Å². The van der Waals surface area contributed by atoms with Crippen LogP contribution in [0.15, 0.2) is 24.3 Å². The molecule has 0 bridgehead atoms. The highest BCUT2D eigenvalue weighted by atomic mass is 16.5. The van der Waals surface area contributed by atoms with Gasteiger partial charge < -0.3 is 19.7 Å². The second-order valence-electron chi connectivity index (χ2n) is 6.64. The summed E-state index contributed by atoms with van der Waals surface area (Å²) >= 11 is 0. The predicted octanol–water partition coefficient (Wildman–Crippen LogP) is 3.53. The fourth-order valence-corrected chi connectivity index (χ4v) is 2.47. The maximum atomic E-state index is 12.3. The Labute approximate surface area is 148 Å². The molecule has 7 nitrogen and oxygen atoms in total. The molecule has 2 rings (SSSR count). The molecular weight excluding hydrogens is 322 g/mol. The molecule has 0 unspecified atom stereocenters. The monoisotopic (exact) mass is 349 g/mol. The molecule has 7 heteroatoms. The maximum absolute atomic E-state index is 12.3. The average molecular weight is 349 g/mol.